The Kier molecular flexibility index (Phi) is 2.24. The van der Waals surface area contributed by atoms with Crippen molar-refractivity contribution in [1.29, 1.82) is 0 Å². The molecule has 2 atom stereocenters. The van der Waals surface area contributed by atoms with Gasteiger partial charge in [-0.2, -0.15) is 0 Å². The van der Waals surface area contributed by atoms with E-state index in [1.54, 1.807) is 5.57 Å². The smallest absolute Gasteiger partial charge is 0.00516 e. The number of allylic oxidation sites excluding steroid dienone is 4. The van der Waals surface area contributed by atoms with Gasteiger partial charge in [-0.25, -0.2) is 0 Å². The van der Waals surface area contributed by atoms with E-state index in [1.165, 1.54) is 29.5 Å². The van der Waals surface area contributed by atoms with Crippen molar-refractivity contribution >= 4 is 5.57 Å². The van der Waals surface area contributed by atoms with Gasteiger partial charge >= 0.3 is 0 Å². The van der Waals surface area contributed by atoms with E-state index in [1.807, 2.05) is 0 Å². The van der Waals surface area contributed by atoms with Crippen LogP contribution in [0.1, 0.15) is 31.4 Å². The van der Waals surface area contributed by atoms with Crippen LogP contribution in [-0.4, -0.2) is 0 Å². The maximum Gasteiger partial charge on any atom is -0.00516 e. The normalized spacial score (nSPS) is 27.6. The van der Waals surface area contributed by atoms with Gasteiger partial charge in [-0.05, 0) is 41.4 Å². The standard InChI is InChI=1S/C16H18/c1-11-7-8-16-14(9-12(11)2)10-13-5-3-4-6-15(13)16/h3-8,11-12H,9-10H2,1-2H3/t11-,12?/m0/s1. The molecule has 2 aliphatic rings. The van der Waals surface area contributed by atoms with Gasteiger partial charge in [0.05, 0.1) is 0 Å². The minimum atomic E-state index is 0.706. The molecule has 0 spiro atoms. The van der Waals surface area contributed by atoms with E-state index in [2.05, 4.69) is 50.3 Å². The summed E-state index contributed by atoms with van der Waals surface area (Å²) in [6.07, 6.45) is 7.18. The minimum Gasteiger partial charge on any atom is -0.0808 e. The molecule has 0 saturated heterocycles. The maximum absolute atomic E-state index is 2.38. The van der Waals surface area contributed by atoms with Gasteiger partial charge in [0, 0.05) is 0 Å². The molecule has 0 aromatic heterocycles. The summed E-state index contributed by atoms with van der Waals surface area (Å²) in [5, 5.41) is 0. The van der Waals surface area contributed by atoms with Crippen LogP contribution in [-0.2, 0) is 6.42 Å². The van der Waals surface area contributed by atoms with Gasteiger partial charge in [-0.3, -0.25) is 0 Å². The molecule has 0 heteroatoms. The highest BCUT2D eigenvalue weighted by molar-refractivity contribution is 5.83. The molecule has 1 unspecified atom stereocenters. The molecule has 0 bridgehead atoms. The summed E-state index contributed by atoms with van der Waals surface area (Å²) in [4.78, 5) is 0. The van der Waals surface area contributed by atoms with Gasteiger partial charge in [0.15, 0.2) is 0 Å². The van der Waals surface area contributed by atoms with Gasteiger partial charge in [-0.1, -0.05) is 55.8 Å². The van der Waals surface area contributed by atoms with Crippen molar-refractivity contribution in [2.24, 2.45) is 11.8 Å². The Morgan fingerprint density at radius 3 is 2.81 bits per heavy atom. The van der Waals surface area contributed by atoms with Crippen molar-refractivity contribution in [3.8, 4) is 0 Å². The molecule has 1 aromatic rings. The van der Waals surface area contributed by atoms with Crippen LogP contribution in [0.2, 0.25) is 0 Å². The Morgan fingerprint density at radius 2 is 1.94 bits per heavy atom. The average molecular weight is 210 g/mol. The lowest BCUT2D eigenvalue weighted by molar-refractivity contribution is 0.457. The second kappa shape index (κ2) is 3.62. The Morgan fingerprint density at radius 1 is 1.12 bits per heavy atom. The summed E-state index contributed by atoms with van der Waals surface area (Å²) in [5.41, 5.74) is 6.13. The first-order valence-corrected chi connectivity index (χ1v) is 6.24. The lowest BCUT2D eigenvalue weighted by Gasteiger charge is -2.15. The molecule has 16 heavy (non-hydrogen) atoms. The summed E-state index contributed by atoms with van der Waals surface area (Å²) in [5.74, 6) is 1.48. The van der Waals surface area contributed by atoms with Crippen molar-refractivity contribution < 1.29 is 0 Å². The van der Waals surface area contributed by atoms with Gasteiger partial charge in [0.2, 0.25) is 0 Å². The molecule has 1 aromatic carbocycles. The summed E-state index contributed by atoms with van der Waals surface area (Å²) in [7, 11) is 0. The van der Waals surface area contributed by atoms with Gasteiger partial charge in [0.25, 0.3) is 0 Å². The first kappa shape index (κ1) is 9.89. The van der Waals surface area contributed by atoms with Gasteiger partial charge in [-0.15, -0.1) is 0 Å². The minimum absolute atomic E-state index is 0.706. The van der Waals surface area contributed by atoms with E-state index in [0.717, 1.165) is 5.92 Å². The van der Waals surface area contributed by atoms with E-state index < -0.39 is 0 Å². The van der Waals surface area contributed by atoms with E-state index in [9.17, 15) is 0 Å². The van der Waals surface area contributed by atoms with Crippen LogP contribution >= 0.6 is 0 Å². The highest BCUT2D eigenvalue weighted by atomic mass is 14.3. The highest BCUT2D eigenvalue weighted by Gasteiger charge is 2.24. The molecule has 0 nitrogen and oxygen atoms in total. The highest BCUT2D eigenvalue weighted by Crippen LogP contribution is 2.40. The fourth-order valence-electron chi connectivity index (χ4n) is 2.85. The molecule has 0 N–H and O–H groups in total. The first-order valence-electron chi connectivity index (χ1n) is 6.24. The van der Waals surface area contributed by atoms with Crippen LogP contribution in [0.15, 0.2) is 42.0 Å². The second-order valence-corrected chi connectivity index (χ2v) is 5.25. The molecule has 0 saturated carbocycles. The Hall–Kier alpha value is -1.30. The van der Waals surface area contributed by atoms with Crippen LogP contribution in [0.3, 0.4) is 0 Å². The number of benzene rings is 1. The molecule has 0 heterocycles. The van der Waals surface area contributed by atoms with E-state index >= 15 is 0 Å². The van der Waals surface area contributed by atoms with Crippen LogP contribution in [0.25, 0.3) is 5.57 Å². The molecular formula is C16H18. The van der Waals surface area contributed by atoms with Crippen molar-refractivity contribution in [2.75, 3.05) is 0 Å². The van der Waals surface area contributed by atoms with Crippen LogP contribution in [0.5, 0.6) is 0 Å². The predicted octanol–water partition coefficient (Wildman–Crippen LogP) is 4.23. The van der Waals surface area contributed by atoms with Gasteiger partial charge < -0.3 is 0 Å². The fraction of sp³-hybridized carbons (Fsp3) is 0.375. The topological polar surface area (TPSA) is 0 Å². The molecule has 3 rings (SSSR count). The van der Waals surface area contributed by atoms with Crippen LogP contribution in [0, 0.1) is 11.8 Å². The van der Waals surface area contributed by atoms with Crippen molar-refractivity contribution in [2.45, 2.75) is 26.7 Å². The number of hydrogen-bond donors (Lipinski definition) is 0. The third-order valence-corrected chi connectivity index (χ3v) is 4.12. The number of rotatable bonds is 0. The lowest BCUT2D eigenvalue weighted by atomic mass is 9.90. The van der Waals surface area contributed by atoms with E-state index in [0.29, 0.717) is 5.92 Å². The SMILES string of the molecule is CC1CC2=C(C=C[C@@H]1C)c1ccccc1C2. The third kappa shape index (κ3) is 1.44. The monoisotopic (exact) mass is 210 g/mol. The average Bonchev–Trinajstić information content (AvgIpc) is 2.56. The zero-order valence-electron chi connectivity index (χ0n) is 10.0. The molecule has 82 valence electrons. The third-order valence-electron chi connectivity index (χ3n) is 4.12. The zero-order valence-corrected chi connectivity index (χ0v) is 10.0. The molecular weight excluding hydrogens is 192 g/mol. The largest absolute Gasteiger partial charge is 0.0808 e. The summed E-state index contributed by atoms with van der Waals surface area (Å²) < 4.78 is 0. The Balaban J connectivity index is 2.07. The Labute approximate surface area is 97.7 Å². The summed E-state index contributed by atoms with van der Waals surface area (Å²) in [6.45, 7) is 4.70. The summed E-state index contributed by atoms with van der Waals surface area (Å²) in [6, 6.07) is 8.84. The van der Waals surface area contributed by atoms with E-state index in [-0.39, 0.29) is 0 Å². The van der Waals surface area contributed by atoms with Crippen molar-refractivity contribution in [3.05, 3.63) is 53.1 Å². The number of fused-ring (bicyclic) bond motifs is 2. The first-order chi connectivity index (χ1) is 7.75. The fourth-order valence-corrected chi connectivity index (χ4v) is 2.85. The summed E-state index contributed by atoms with van der Waals surface area (Å²) >= 11 is 0. The zero-order chi connectivity index (χ0) is 11.1. The maximum atomic E-state index is 2.38. The van der Waals surface area contributed by atoms with E-state index in [4.69, 9.17) is 0 Å². The Bertz CT molecular complexity index is 477. The molecule has 0 amide bonds. The predicted molar refractivity (Wildman–Crippen MR) is 69.2 cm³/mol. The van der Waals surface area contributed by atoms with Crippen molar-refractivity contribution in [1.82, 2.24) is 0 Å². The molecule has 2 aliphatic carbocycles. The van der Waals surface area contributed by atoms with Crippen LogP contribution in [0.4, 0.5) is 0 Å². The van der Waals surface area contributed by atoms with Crippen molar-refractivity contribution in [3.63, 3.8) is 0 Å². The number of hydrogen-bond acceptors (Lipinski definition) is 0. The molecule has 0 fully saturated rings. The molecule has 0 aliphatic heterocycles. The lowest BCUT2D eigenvalue weighted by Crippen LogP contribution is -2.05. The molecule has 0 radical (unpaired) electrons. The van der Waals surface area contributed by atoms with Crippen LogP contribution < -0.4 is 0 Å². The van der Waals surface area contributed by atoms with Gasteiger partial charge in [0.1, 0.15) is 0 Å². The second-order valence-electron chi connectivity index (χ2n) is 5.25. The quantitative estimate of drug-likeness (QED) is 0.601.